The van der Waals surface area contributed by atoms with Gasteiger partial charge in [-0.25, -0.2) is 9.97 Å². The molecule has 0 spiro atoms. The number of nitrogens with zero attached hydrogens (tertiary/aromatic N) is 4. The first-order valence-electron chi connectivity index (χ1n) is 6.34. The fourth-order valence-electron chi connectivity index (χ4n) is 1.92. The standard InChI is InChI=1S/C13H14N6O/c20-13(5-6-19-9-14-8-16-19)15-7-12-17-10-3-1-2-4-11(10)18-12/h1-4,8-9H,5-7H2,(H,15,20)(H,17,18). The molecule has 1 amide bonds. The molecule has 2 N–H and O–H groups in total. The Labute approximate surface area is 115 Å². The van der Waals surface area contributed by atoms with Crippen LogP contribution in [0.5, 0.6) is 0 Å². The van der Waals surface area contributed by atoms with Crippen LogP contribution in [0.1, 0.15) is 12.2 Å². The van der Waals surface area contributed by atoms with Crippen LogP contribution in [0.4, 0.5) is 0 Å². The Kier molecular flexibility index (Phi) is 3.40. The van der Waals surface area contributed by atoms with Gasteiger partial charge in [-0.2, -0.15) is 5.10 Å². The highest BCUT2D eigenvalue weighted by molar-refractivity contribution is 5.76. The Balaban J connectivity index is 1.52. The summed E-state index contributed by atoms with van der Waals surface area (Å²) in [4.78, 5) is 23.1. The largest absolute Gasteiger partial charge is 0.349 e. The minimum Gasteiger partial charge on any atom is -0.349 e. The van der Waals surface area contributed by atoms with Gasteiger partial charge in [-0.3, -0.25) is 9.48 Å². The number of carbonyl (C=O) groups excluding carboxylic acids is 1. The summed E-state index contributed by atoms with van der Waals surface area (Å²) < 4.78 is 1.63. The van der Waals surface area contributed by atoms with Gasteiger partial charge in [-0.15, -0.1) is 0 Å². The number of amides is 1. The number of benzene rings is 1. The van der Waals surface area contributed by atoms with Crippen molar-refractivity contribution in [3.63, 3.8) is 0 Å². The van der Waals surface area contributed by atoms with E-state index in [1.54, 1.807) is 11.0 Å². The molecule has 0 aliphatic rings. The van der Waals surface area contributed by atoms with Crippen molar-refractivity contribution < 1.29 is 4.79 Å². The number of aromatic amines is 1. The monoisotopic (exact) mass is 270 g/mol. The van der Waals surface area contributed by atoms with E-state index in [1.165, 1.54) is 6.33 Å². The van der Waals surface area contributed by atoms with E-state index in [0.717, 1.165) is 16.9 Å². The van der Waals surface area contributed by atoms with Crippen LogP contribution in [0.3, 0.4) is 0 Å². The predicted octanol–water partition coefficient (Wildman–Crippen LogP) is 0.861. The quantitative estimate of drug-likeness (QED) is 0.719. The van der Waals surface area contributed by atoms with E-state index in [2.05, 4.69) is 25.4 Å². The van der Waals surface area contributed by atoms with Crippen LogP contribution in [0.2, 0.25) is 0 Å². The smallest absolute Gasteiger partial charge is 0.222 e. The summed E-state index contributed by atoms with van der Waals surface area (Å²) in [5.74, 6) is 0.710. The summed E-state index contributed by atoms with van der Waals surface area (Å²) >= 11 is 0. The van der Waals surface area contributed by atoms with E-state index in [9.17, 15) is 4.79 Å². The van der Waals surface area contributed by atoms with Crippen molar-refractivity contribution >= 4 is 16.9 Å². The van der Waals surface area contributed by atoms with E-state index in [0.29, 0.717) is 19.5 Å². The lowest BCUT2D eigenvalue weighted by atomic mass is 10.3. The first kappa shape index (κ1) is 12.3. The normalized spacial score (nSPS) is 10.8. The molecule has 0 unspecified atom stereocenters. The molecule has 3 rings (SSSR count). The van der Waals surface area contributed by atoms with Gasteiger partial charge in [0.15, 0.2) is 0 Å². The molecule has 0 bridgehead atoms. The molecule has 0 saturated carbocycles. The Bertz CT molecular complexity index is 670. The van der Waals surface area contributed by atoms with Gasteiger partial charge in [0.1, 0.15) is 18.5 Å². The fourth-order valence-corrected chi connectivity index (χ4v) is 1.92. The second-order valence-electron chi connectivity index (χ2n) is 4.39. The second-order valence-corrected chi connectivity index (χ2v) is 4.39. The molecule has 0 saturated heterocycles. The number of fused-ring (bicyclic) bond motifs is 1. The second kappa shape index (κ2) is 5.52. The SMILES string of the molecule is O=C(CCn1cncn1)NCc1nc2ccccc2[nH]1. The molecule has 0 atom stereocenters. The van der Waals surface area contributed by atoms with E-state index in [4.69, 9.17) is 0 Å². The average Bonchev–Trinajstić information content (AvgIpc) is 3.11. The zero-order valence-corrected chi connectivity index (χ0v) is 10.8. The lowest BCUT2D eigenvalue weighted by Gasteiger charge is -2.03. The molecule has 2 aromatic heterocycles. The maximum atomic E-state index is 11.7. The summed E-state index contributed by atoms with van der Waals surface area (Å²) in [7, 11) is 0. The Morgan fingerprint density at radius 2 is 2.25 bits per heavy atom. The van der Waals surface area contributed by atoms with Crippen molar-refractivity contribution in [1.82, 2.24) is 30.0 Å². The molecule has 0 fully saturated rings. The Hall–Kier alpha value is -2.70. The summed E-state index contributed by atoms with van der Waals surface area (Å²) in [6.45, 7) is 0.914. The topological polar surface area (TPSA) is 88.5 Å². The number of hydrogen-bond donors (Lipinski definition) is 2. The van der Waals surface area contributed by atoms with Crippen molar-refractivity contribution in [3.05, 3.63) is 42.7 Å². The van der Waals surface area contributed by atoms with Gasteiger partial charge in [0.05, 0.1) is 24.1 Å². The number of carbonyl (C=O) groups is 1. The molecular formula is C13H14N6O. The molecule has 1 aromatic carbocycles. The van der Waals surface area contributed by atoms with Gasteiger partial charge in [0, 0.05) is 6.42 Å². The molecule has 7 nitrogen and oxygen atoms in total. The highest BCUT2D eigenvalue weighted by Crippen LogP contribution is 2.09. The van der Waals surface area contributed by atoms with Gasteiger partial charge in [0.25, 0.3) is 0 Å². The third kappa shape index (κ3) is 2.82. The van der Waals surface area contributed by atoms with Crippen molar-refractivity contribution in [3.8, 4) is 0 Å². The molecular weight excluding hydrogens is 256 g/mol. The fraction of sp³-hybridized carbons (Fsp3) is 0.231. The summed E-state index contributed by atoms with van der Waals surface area (Å²) in [5, 5.41) is 6.77. The molecule has 0 radical (unpaired) electrons. The lowest BCUT2D eigenvalue weighted by molar-refractivity contribution is -0.121. The molecule has 7 heteroatoms. The zero-order chi connectivity index (χ0) is 13.8. The first-order chi connectivity index (χ1) is 9.81. The molecule has 20 heavy (non-hydrogen) atoms. The molecule has 2 heterocycles. The number of aromatic nitrogens is 5. The van der Waals surface area contributed by atoms with E-state index >= 15 is 0 Å². The number of nitrogens with one attached hydrogen (secondary N) is 2. The van der Waals surface area contributed by atoms with Gasteiger partial charge < -0.3 is 10.3 Å². The van der Waals surface area contributed by atoms with Crippen LogP contribution in [-0.2, 0) is 17.9 Å². The number of hydrogen-bond acceptors (Lipinski definition) is 4. The van der Waals surface area contributed by atoms with Gasteiger partial charge >= 0.3 is 0 Å². The number of aryl methyl sites for hydroxylation is 1. The highest BCUT2D eigenvalue weighted by atomic mass is 16.1. The molecule has 0 aliphatic carbocycles. The third-order valence-corrected chi connectivity index (χ3v) is 2.93. The summed E-state index contributed by atoms with van der Waals surface area (Å²) in [6, 6.07) is 7.77. The third-order valence-electron chi connectivity index (χ3n) is 2.93. The van der Waals surface area contributed by atoms with Crippen LogP contribution in [-0.4, -0.2) is 30.6 Å². The zero-order valence-electron chi connectivity index (χ0n) is 10.8. The van der Waals surface area contributed by atoms with Crippen molar-refractivity contribution in [2.75, 3.05) is 0 Å². The lowest BCUT2D eigenvalue weighted by Crippen LogP contribution is -2.24. The van der Waals surface area contributed by atoms with Crippen LogP contribution >= 0.6 is 0 Å². The van der Waals surface area contributed by atoms with Crippen molar-refractivity contribution in [2.45, 2.75) is 19.5 Å². The molecule has 3 aromatic rings. The molecule has 102 valence electrons. The van der Waals surface area contributed by atoms with E-state index in [1.807, 2.05) is 24.3 Å². The van der Waals surface area contributed by atoms with E-state index < -0.39 is 0 Å². The predicted molar refractivity (Wildman–Crippen MR) is 72.6 cm³/mol. The van der Waals surface area contributed by atoms with Gasteiger partial charge in [-0.1, -0.05) is 12.1 Å². The Morgan fingerprint density at radius 1 is 1.35 bits per heavy atom. The van der Waals surface area contributed by atoms with E-state index in [-0.39, 0.29) is 5.91 Å². The van der Waals surface area contributed by atoms with Crippen LogP contribution < -0.4 is 5.32 Å². The van der Waals surface area contributed by atoms with Gasteiger partial charge in [-0.05, 0) is 12.1 Å². The summed E-state index contributed by atoms with van der Waals surface area (Å²) in [5.41, 5.74) is 1.87. The first-order valence-corrected chi connectivity index (χ1v) is 6.34. The van der Waals surface area contributed by atoms with Gasteiger partial charge in [0.2, 0.25) is 5.91 Å². The number of para-hydroxylation sites is 2. The number of rotatable bonds is 5. The minimum absolute atomic E-state index is 0.0408. The Morgan fingerprint density at radius 3 is 3.05 bits per heavy atom. The maximum Gasteiger partial charge on any atom is 0.222 e. The van der Waals surface area contributed by atoms with Crippen LogP contribution in [0.25, 0.3) is 11.0 Å². The minimum atomic E-state index is -0.0408. The average molecular weight is 270 g/mol. The van der Waals surface area contributed by atoms with Crippen molar-refractivity contribution in [1.29, 1.82) is 0 Å². The maximum absolute atomic E-state index is 11.7. The van der Waals surface area contributed by atoms with Crippen LogP contribution in [0.15, 0.2) is 36.9 Å². The summed E-state index contributed by atoms with van der Waals surface area (Å²) in [6.07, 6.45) is 3.41. The molecule has 0 aliphatic heterocycles. The van der Waals surface area contributed by atoms with Crippen molar-refractivity contribution in [2.24, 2.45) is 0 Å². The number of imidazole rings is 1. The van der Waals surface area contributed by atoms with Crippen LogP contribution in [0, 0.1) is 0 Å². The highest BCUT2D eigenvalue weighted by Gasteiger charge is 2.05. The number of H-pyrrole nitrogens is 1.